The number of fused-ring (bicyclic) bond motifs is 1. The summed E-state index contributed by atoms with van der Waals surface area (Å²) in [5.41, 5.74) is 1.82. The molecule has 30 heavy (non-hydrogen) atoms. The first kappa shape index (κ1) is 20.3. The van der Waals surface area contributed by atoms with Crippen molar-refractivity contribution in [2.45, 2.75) is 26.3 Å². The largest absolute Gasteiger partial charge is 0.507 e. The third-order valence-electron chi connectivity index (χ3n) is 5.90. The van der Waals surface area contributed by atoms with E-state index in [2.05, 4.69) is 11.8 Å². The minimum Gasteiger partial charge on any atom is -0.507 e. The van der Waals surface area contributed by atoms with Gasteiger partial charge in [0.1, 0.15) is 23.0 Å². The Bertz CT molecular complexity index is 989. The number of likely N-dealkylation sites (tertiary alicyclic amines) is 1. The average molecular weight is 409 g/mol. The predicted molar refractivity (Wildman–Crippen MR) is 114 cm³/mol. The van der Waals surface area contributed by atoms with E-state index < -0.39 is 0 Å². The van der Waals surface area contributed by atoms with Crippen LogP contribution in [0.2, 0.25) is 0 Å². The Balaban J connectivity index is 1.65. The Morgan fingerprint density at radius 1 is 1.17 bits per heavy atom. The number of rotatable bonds is 5. The fourth-order valence-corrected chi connectivity index (χ4v) is 3.99. The van der Waals surface area contributed by atoms with Crippen LogP contribution >= 0.6 is 0 Å². The first-order chi connectivity index (χ1) is 14.5. The third kappa shape index (κ3) is 3.87. The van der Waals surface area contributed by atoms with Crippen LogP contribution in [0, 0.1) is 5.92 Å². The van der Waals surface area contributed by atoms with E-state index in [0.29, 0.717) is 40.5 Å². The normalized spacial score (nSPS) is 18.4. The number of carbonyl (C=O) groups excluding carboxylic acids is 1. The van der Waals surface area contributed by atoms with Crippen molar-refractivity contribution >= 4 is 11.9 Å². The standard InChI is InChI=1S/C24H27NO5/c1-15-8-10-25(11-9-15)14-19-20(26)6-5-18-23(27)22(30-24(18)19)13-16-12-17(28-2)4-7-21(16)29-3/h4-7,12-13,15,26H,8-11,14H2,1-3H3/b22-13-. The third-order valence-corrected chi connectivity index (χ3v) is 5.90. The lowest BCUT2D eigenvalue weighted by Gasteiger charge is -2.30. The maximum atomic E-state index is 13.0. The lowest BCUT2D eigenvalue weighted by Crippen LogP contribution is -2.32. The summed E-state index contributed by atoms with van der Waals surface area (Å²) in [5.74, 6) is 2.59. The summed E-state index contributed by atoms with van der Waals surface area (Å²) < 4.78 is 16.7. The maximum Gasteiger partial charge on any atom is 0.231 e. The summed E-state index contributed by atoms with van der Waals surface area (Å²) in [5, 5.41) is 10.5. The van der Waals surface area contributed by atoms with Gasteiger partial charge < -0.3 is 19.3 Å². The minimum absolute atomic E-state index is 0.153. The molecule has 6 nitrogen and oxygen atoms in total. The number of carbonyl (C=O) groups is 1. The van der Waals surface area contributed by atoms with Gasteiger partial charge in [0.05, 0.1) is 25.3 Å². The number of phenols is 1. The maximum absolute atomic E-state index is 13.0. The fraction of sp³-hybridized carbons (Fsp3) is 0.375. The second-order valence-corrected chi connectivity index (χ2v) is 7.95. The first-order valence-electron chi connectivity index (χ1n) is 10.2. The van der Waals surface area contributed by atoms with Crippen molar-refractivity contribution in [1.82, 2.24) is 4.90 Å². The van der Waals surface area contributed by atoms with Gasteiger partial charge in [-0.25, -0.2) is 0 Å². The first-order valence-corrected chi connectivity index (χ1v) is 10.2. The van der Waals surface area contributed by atoms with Gasteiger partial charge in [0.25, 0.3) is 0 Å². The zero-order valence-corrected chi connectivity index (χ0v) is 17.6. The summed E-state index contributed by atoms with van der Waals surface area (Å²) >= 11 is 0. The van der Waals surface area contributed by atoms with Crippen LogP contribution in [0.25, 0.3) is 6.08 Å². The molecule has 0 spiro atoms. The van der Waals surface area contributed by atoms with E-state index in [0.717, 1.165) is 31.8 Å². The van der Waals surface area contributed by atoms with Crippen molar-refractivity contribution in [3.05, 3.63) is 52.8 Å². The molecule has 2 aromatic carbocycles. The van der Waals surface area contributed by atoms with E-state index in [1.807, 2.05) is 0 Å². The van der Waals surface area contributed by atoms with Crippen LogP contribution in [0.5, 0.6) is 23.0 Å². The van der Waals surface area contributed by atoms with Crippen LogP contribution in [0.3, 0.4) is 0 Å². The summed E-state index contributed by atoms with van der Waals surface area (Å²) in [6, 6.07) is 8.57. The van der Waals surface area contributed by atoms with Gasteiger partial charge in [-0.2, -0.15) is 0 Å². The molecule has 2 aliphatic heterocycles. The van der Waals surface area contributed by atoms with Gasteiger partial charge in [-0.1, -0.05) is 6.92 Å². The molecule has 1 N–H and O–H groups in total. The zero-order chi connectivity index (χ0) is 21.3. The second kappa shape index (κ2) is 8.40. The van der Waals surface area contributed by atoms with Crippen LogP contribution in [-0.4, -0.2) is 43.1 Å². The molecule has 0 bridgehead atoms. The second-order valence-electron chi connectivity index (χ2n) is 7.95. The number of piperidine rings is 1. The number of hydrogen-bond acceptors (Lipinski definition) is 6. The molecule has 0 saturated carbocycles. The van der Waals surface area contributed by atoms with Crippen molar-refractivity contribution < 1.29 is 24.1 Å². The fourth-order valence-electron chi connectivity index (χ4n) is 3.99. The minimum atomic E-state index is -0.205. The summed E-state index contributed by atoms with van der Waals surface area (Å²) in [7, 11) is 3.16. The highest BCUT2D eigenvalue weighted by molar-refractivity contribution is 6.15. The molecule has 0 radical (unpaired) electrons. The number of nitrogens with zero attached hydrogens (tertiary/aromatic N) is 1. The van der Waals surface area contributed by atoms with E-state index in [-0.39, 0.29) is 17.3 Å². The van der Waals surface area contributed by atoms with E-state index in [1.54, 1.807) is 50.6 Å². The molecule has 1 saturated heterocycles. The van der Waals surface area contributed by atoms with Gasteiger partial charge in [0.15, 0.2) is 5.76 Å². The predicted octanol–water partition coefficient (Wildman–Crippen LogP) is 4.26. The monoisotopic (exact) mass is 409 g/mol. The van der Waals surface area contributed by atoms with Gasteiger partial charge in [-0.3, -0.25) is 9.69 Å². The summed E-state index contributed by atoms with van der Waals surface area (Å²) in [6.45, 7) is 4.77. The van der Waals surface area contributed by atoms with E-state index >= 15 is 0 Å². The molecule has 6 heteroatoms. The van der Waals surface area contributed by atoms with Crippen LogP contribution in [0.15, 0.2) is 36.1 Å². The molecule has 1 fully saturated rings. The molecule has 0 atom stereocenters. The number of methoxy groups -OCH3 is 2. The smallest absolute Gasteiger partial charge is 0.231 e. The molecular formula is C24H27NO5. The average Bonchev–Trinajstić information content (AvgIpc) is 3.07. The number of ketones is 1. The van der Waals surface area contributed by atoms with Gasteiger partial charge in [-0.05, 0) is 68.3 Å². The van der Waals surface area contributed by atoms with Crippen molar-refractivity contribution in [2.24, 2.45) is 5.92 Å². The molecular weight excluding hydrogens is 382 g/mol. The lowest BCUT2D eigenvalue weighted by molar-refractivity contribution is 0.101. The molecule has 0 aromatic heterocycles. The number of allylic oxidation sites excluding steroid dienone is 1. The Hall–Kier alpha value is -2.99. The quantitative estimate of drug-likeness (QED) is 0.745. The van der Waals surface area contributed by atoms with E-state index in [4.69, 9.17) is 14.2 Å². The van der Waals surface area contributed by atoms with Crippen LogP contribution in [0.1, 0.15) is 41.3 Å². The van der Waals surface area contributed by atoms with Crippen molar-refractivity contribution in [3.63, 3.8) is 0 Å². The molecule has 158 valence electrons. The number of hydrogen-bond donors (Lipinski definition) is 1. The Morgan fingerprint density at radius 2 is 1.93 bits per heavy atom. The number of aromatic hydroxyl groups is 1. The van der Waals surface area contributed by atoms with Crippen molar-refractivity contribution in [2.75, 3.05) is 27.3 Å². The number of Topliss-reactive ketones (excluding diaryl/α,β-unsaturated/α-hetero) is 1. The van der Waals surface area contributed by atoms with Crippen molar-refractivity contribution in [3.8, 4) is 23.0 Å². The topological polar surface area (TPSA) is 68.2 Å². The molecule has 0 amide bonds. The molecule has 0 aliphatic carbocycles. The highest BCUT2D eigenvalue weighted by Gasteiger charge is 2.32. The van der Waals surface area contributed by atoms with E-state index in [1.165, 1.54) is 0 Å². The van der Waals surface area contributed by atoms with Crippen LogP contribution in [-0.2, 0) is 6.54 Å². The van der Waals surface area contributed by atoms with Gasteiger partial charge in [0, 0.05) is 12.1 Å². The molecule has 4 rings (SSSR count). The van der Waals surface area contributed by atoms with Gasteiger partial charge >= 0.3 is 0 Å². The zero-order valence-electron chi connectivity index (χ0n) is 17.6. The summed E-state index contributed by atoms with van der Waals surface area (Å²) in [6.07, 6.45) is 3.93. The Labute approximate surface area is 176 Å². The molecule has 2 heterocycles. The highest BCUT2D eigenvalue weighted by atomic mass is 16.5. The Kier molecular flexibility index (Phi) is 5.68. The Morgan fingerprint density at radius 3 is 2.63 bits per heavy atom. The van der Waals surface area contributed by atoms with Crippen LogP contribution < -0.4 is 14.2 Å². The van der Waals surface area contributed by atoms with Gasteiger partial charge in [0.2, 0.25) is 5.78 Å². The molecule has 0 unspecified atom stereocenters. The molecule has 2 aromatic rings. The number of benzene rings is 2. The van der Waals surface area contributed by atoms with E-state index in [9.17, 15) is 9.90 Å². The SMILES string of the molecule is COc1ccc(OC)c(/C=C2\Oc3c(ccc(O)c3CN3CCC(C)CC3)C2=O)c1. The number of ether oxygens (including phenoxy) is 3. The molecule has 2 aliphatic rings. The summed E-state index contributed by atoms with van der Waals surface area (Å²) in [4.78, 5) is 15.3. The highest BCUT2D eigenvalue weighted by Crippen LogP contribution is 2.41. The lowest BCUT2D eigenvalue weighted by atomic mass is 9.98. The van der Waals surface area contributed by atoms with Gasteiger partial charge in [-0.15, -0.1) is 0 Å². The number of phenolic OH excluding ortho intramolecular Hbond substituents is 1. The van der Waals surface area contributed by atoms with Crippen molar-refractivity contribution in [1.29, 1.82) is 0 Å². The van der Waals surface area contributed by atoms with Crippen LogP contribution in [0.4, 0.5) is 0 Å².